The number of carbonyl (C=O) groups excluding carboxylic acids is 1. The smallest absolute Gasteiger partial charge is 0.406 e. The van der Waals surface area contributed by atoms with E-state index in [-0.39, 0.29) is 17.8 Å². The van der Waals surface area contributed by atoms with Gasteiger partial charge in [0.1, 0.15) is 12.1 Å². The molecule has 0 radical (unpaired) electrons. The third-order valence-corrected chi connectivity index (χ3v) is 5.22. The maximum atomic E-state index is 13.0. The second-order valence-corrected chi connectivity index (χ2v) is 8.17. The van der Waals surface area contributed by atoms with Crippen LogP contribution in [0.25, 0.3) is 17.1 Å². The van der Waals surface area contributed by atoms with Crippen LogP contribution in [0.3, 0.4) is 0 Å². The van der Waals surface area contributed by atoms with Gasteiger partial charge in [0.05, 0.1) is 5.69 Å². The topological polar surface area (TPSA) is 85.2 Å². The Balaban J connectivity index is 1.45. The predicted molar refractivity (Wildman–Crippen MR) is 127 cm³/mol. The van der Waals surface area contributed by atoms with E-state index in [4.69, 9.17) is 0 Å². The molecule has 0 fully saturated rings. The lowest BCUT2D eigenvalue weighted by Gasteiger charge is -2.27. The number of benzene rings is 2. The third kappa shape index (κ3) is 6.38. The van der Waals surface area contributed by atoms with Crippen molar-refractivity contribution in [2.45, 2.75) is 32.8 Å². The van der Waals surface area contributed by atoms with E-state index < -0.39 is 6.36 Å². The highest BCUT2D eigenvalue weighted by molar-refractivity contribution is 5.89. The number of alkyl halides is 3. The van der Waals surface area contributed by atoms with Crippen LogP contribution in [0.5, 0.6) is 5.75 Å². The van der Waals surface area contributed by atoms with Gasteiger partial charge in [-0.15, -0.1) is 23.4 Å². The van der Waals surface area contributed by atoms with E-state index in [9.17, 15) is 18.0 Å². The zero-order valence-corrected chi connectivity index (χ0v) is 19.5. The molecule has 0 bridgehead atoms. The number of aromatic nitrogens is 4. The van der Waals surface area contributed by atoms with Crippen LogP contribution in [-0.2, 0) is 6.54 Å². The van der Waals surface area contributed by atoms with Gasteiger partial charge < -0.3 is 15.0 Å². The number of anilines is 1. The van der Waals surface area contributed by atoms with Crippen molar-refractivity contribution in [3.05, 3.63) is 84.9 Å². The first-order valence-corrected chi connectivity index (χ1v) is 11.0. The molecule has 0 aliphatic carbocycles. The number of rotatable bonds is 7. The Morgan fingerprint density at radius 2 is 1.86 bits per heavy atom. The van der Waals surface area contributed by atoms with Crippen LogP contribution in [0.15, 0.2) is 79.4 Å². The van der Waals surface area contributed by atoms with Crippen molar-refractivity contribution in [1.82, 2.24) is 24.6 Å². The zero-order valence-electron chi connectivity index (χ0n) is 19.5. The lowest BCUT2D eigenvalue weighted by Crippen LogP contribution is -2.39. The zero-order chi connectivity index (χ0) is 25.7. The monoisotopic (exact) mass is 496 g/mol. The number of halogens is 3. The van der Waals surface area contributed by atoms with Crippen molar-refractivity contribution in [3.63, 3.8) is 0 Å². The highest BCUT2D eigenvalue weighted by Crippen LogP contribution is 2.25. The Bertz CT molecular complexity index is 1290. The van der Waals surface area contributed by atoms with Gasteiger partial charge in [-0.1, -0.05) is 18.2 Å². The molecule has 4 rings (SSSR count). The molecule has 2 aromatic heterocycles. The second-order valence-electron chi connectivity index (χ2n) is 8.17. The molecule has 4 aromatic rings. The first kappa shape index (κ1) is 24.7. The summed E-state index contributed by atoms with van der Waals surface area (Å²) in [6.45, 7) is 4.07. The first-order chi connectivity index (χ1) is 17.2. The Hall–Kier alpha value is -4.41. The van der Waals surface area contributed by atoms with Gasteiger partial charge >= 0.3 is 12.4 Å². The average molecular weight is 496 g/mol. The molecule has 0 atom stereocenters. The van der Waals surface area contributed by atoms with E-state index in [1.54, 1.807) is 28.2 Å². The molecule has 36 heavy (non-hydrogen) atoms. The largest absolute Gasteiger partial charge is 0.573 e. The number of hydrogen-bond acceptors (Lipinski definition) is 5. The van der Waals surface area contributed by atoms with Crippen molar-refractivity contribution in [2.24, 2.45) is 0 Å². The predicted octanol–water partition coefficient (Wildman–Crippen LogP) is 5.67. The van der Waals surface area contributed by atoms with Crippen LogP contribution in [0.1, 0.15) is 19.4 Å². The fourth-order valence-corrected chi connectivity index (χ4v) is 3.46. The van der Waals surface area contributed by atoms with Crippen LogP contribution in [0, 0.1) is 0 Å². The van der Waals surface area contributed by atoms with E-state index in [1.807, 2.05) is 50.2 Å². The minimum atomic E-state index is -4.78. The van der Waals surface area contributed by atoms with Crippen LogP contribution >= 0.6 is 0 Å². The maximum Gasteiger partial charge on any atom is 0.573 e. The van der Waals surface area contributed by atoms with Crippen molar-refractivity contribution < 1.29 is 22.7 Å². The Morgan fingerprint density at radius 3 is 2.47 bits per heavy atom. The molecular weight excluding hydrogens is 473 g/mol. The Kier molecular flexibility index (Phi) is 7.18. The lowest BCUT2D eigenvalue weighted by atomic mass is 10.1. The van der Waals surface area contributed by atoms with Crippen LogP contribution in [0.4, 0.5) is 23.7 Å². The summed E-state index contributed by atoms with van der Waals surface area (Å²) in [6, 6.07) is 15.8. The number of nitrogens with one attached hydrogen (secondary N) is 1. The minimum Gasteiger partial charge on any atom is -0.406 e. The molecule has 0 unspecified atom stereocenters. The summed E-state index contributed by atoms with van der Waals surface area (Å²) in [7, 11) is 0. The van der Waals surface area contributed by atoms with Crippen molar-refractivity contribution >= 4 is 11.7 Å². The van der Waals surface area contributed by atoms with Gasteiger partial charge in [0.2, 0.25) is 0 Å². The maximum absolute atomic E-state index is 13.0. The highest BCUT2D eigenvalue weighted by Gasteiger charge is 2.31. The summed E-state index contributed by atoms with van der Waals surface area (Å²) in [4.78, 5) is 18.6. The molecule has 0 spiro atoms. The van der Waals surface area contributed by atoms with Gasteiger partial charge in [0.25, 0.3) is 0 Å². The summed E-state index contributed by atoms with van der Waals surface area (Å²) >= 11 is 0. The van der Waals surface area contributed by atoms with Gasteiger partial charge in [0, 0.05) is 36.2 Å². The number of carbonyl (C=O) groups is 1. The van der Waals surface area contributed by atoms with Crippen molar-refractivity contribution in [3.8, 4) is 22.8 Å². The number of urea groups is 1. The van der Waals surface area contributed by atoms with E-state index in [2.05, 4.69) is 25.2 Å². The van der Waals surface area contributed by atoms with E-state index >= 15 is 0 Å². The number of amides is 2. The number of ether oxygens (including phenoxy) is 1. The lowest BCUT2D eigenvalue weighted by molar-refractivity contribution is -0.274. The quantitative estimate of drug-likeness (QED) is 0.356. The molecule has 0 aliphatic heterocycles. The molecular formula is C25H23F3N6O2. The van der Waals surface area contributed by atoms with Crippen LogP contribution < -0.4 is 10.1 Å². The highest BCUT2D eigenvalue weighted by atomic mass is 19.4. The molecule has 0 saturated carbocycles. The number of nitrogens with zero attached hydrogens (tertiary/aromatic N) is 5. The van der Waals surface area contributed by atoms with Gasteiger partial charge in [-0.3, -0.25) is 4.57 Å². The summed E-state index contributed by atoms with van der Waals surface area (Å²) < 4.78 is 42.7. The minimum absolute atomic E-state index is 0.143. The average Bonchev–Trinajstić information content (AvgIpc) is 3.38. The second kappa shape index (κ2) is 10.5. The summed E-state index contributed by atoms with van der Waals surface area (Å²) in [5.41, 5.74) is 2.76. The molecule has 186 valence electrons. The number of hydrogen-bond donors (Lipinski definition) is 1. The first-order valence-electron chi connectivity index (χ1n) is 11.0. The van der Waals surface area contributed by atoms with Crippen molar-refractivity contribution in [1.29, 1.82) is 0 Å². The summed E-state index contributed by atoms with van der Waals surface area (Å²) in [6.07, 6.45) is 0.301. The van der Waals surface area contributed by atoms with Gasteiger partial charge in [-0.25, -0.2) is 9.78 Å². The van der Waals surface area contributed by atoms with E-state index in [1.165, 1.54) is 12.1 Å². The van der Waals surface area contributed by atoms with Crippen LogP contribution in [-0.4, -0.2) is 43.1 Å². The van der Waals surface area contributed by atoms with Gasteiger partial charge in [0.15, 0.2) is 5.82 Å². The fraction of sp³-hybridized carbons (Fsp3) is 0.200. The molecule has 2 amide bonds. The SMILES string of the molecule is CC(C)N(Cc1cccc(-c2ccc(-n3ccnc3)nn2)c1)C(=O)Nc1ccc(OC(F)(F)F)cc1. The van der Waals surface area contributed by atoms with Gasteiger partial charge in [-0.2, -0.15) is 0 Å². The van der Waals surface area contributed by atoms with E-state index in [0.717, 1.165) is 23.3 Å². The molecule has 8 nitrogen and oxygen atoms in total. The molecule has 2 aromatic carbocycles. The molecule has 1 N–H and O–H groups in total. The van der Waals surface area contributed by atoms with E-state index in [0.29, 0.717) is 23.7 Å². The Morgan fingerprint density at radius 1 is 1.08 bits per heavy atom. The van der Waals surface area contributed by atoms with Crippen LogP contribution in [0.2, 0.25) is 0 Å². The standard InChI is InChI=1S/C25H23F3N6O2/c1-17(2)34(24(35)30-20-6-8-21(9-7-20)36-25(26,27)28)15-18-4-3-5-19(14-18)22-10-11-23(32-31-22)33-13-12-29-16-33/h3-14,16-17H,15H2,1-2H3,(H,30,35). The summed E-state index contributed by atoms with van der Waals surface area (Å²) in [5.74, 6) is 0.284. The molecule has 0 saturated heterocycles. The fourth-order valence-electron chi connectivity index (χ4n) is 3.46. The third-order valence-electron chi connectivity index (χ3n) is 5.22. The molecule has 2 heterocycles. The number of imidazole rings is 1. The molecule has 11 heteroatoms. The normalized spacial score (nSPS) is 11.4. The molecule has 0 aliphatic rings. The summed E-state index contributed by atoms with van der Waals surface area (Å²) in [5, 5.41) is 11.3. The van der Waals surface area contributed by atoms with Gasteiger partial charge in [-0.05, 0) is 61.9 Å². The Labute approximate surface area is 205 Å². The van der Waals surface area contributed by atoms with Crippen molar-refractivity contribution in [2.75, 3.05) is 5.32 Å².